The standard InChI is InChI=1S/C15H22N4S2/c1-10(2)13-9-20-14(18-13)11-4-3-5-19(7-11)8-12-6-17-15(16)21-12/h6,9-11H,3-5,7-8H2,1-2H3,(H2,16,17). The number of aromatic nitrogens is 2. The van der Waals surface area contributed by atoms with Crippen molar-refractivity contribution in [1.82, 2.24) is 14.9 Å². The molecule has 1 aliphatic rings. The van der Waals surface area contributed by atoms with Crippen LogP contribution in [-0.2, 0) is 6.54 Å². The Morgan fingerprint density at radius 2 is 2.33 bits per heavy atom. The molecule has 0 saturated carbocycles. The normalized spacial score (nSPS) is 20.2. The van der Waals surface area contributed by atoms with Crippen molar-refractivity contribution in [2.45, 2.75) is 45.1 Å². The fraction of sp³-hybridized carbons (Fsp3) is 0.600. The summed E-state index contributed by atoms with van der Waals surface area (Å²) in [5, 5.41) is 4.20. The van der Waals surface area contributed by atoms with Crippen molar-refractivity contribution in [1.29, 1.82) is 0 Å². The summed E-state index contributed by atoms with van der Waals surface area (Å²) in [5.74, 6) is 1.11. The molecule has 2 aromatic rings. The zero-order valence-corrected chi connectivity index (χ0v) is 14.2. The van der Waals surface area contributed by atoms with Crippen molar-refractivity contribution in [2.75, 3.05) is 18.8 Å². The first-order valence-corrected chi connectivity index (χ1v) is 9.19. The molecular weight excluding hydrogens is 300 g/mol. The Kier molecular flexibility index (Phi) is 4.57. The molecule has 1 fully saturated rings. The van der Waals surface area contributed by atoms with Crippen molar-refractivity contribution in [3.8, 4) is 0 Å². The Morgan fingerprint density at radius 3 is 3.00 bits per heavy atom. The minimum Gasteiger partial charge on any atom is -0.375 e. The lowest BCUT2D eigenvalue weighted by molar-refractivity contribution is 0.201. The second-order valence-electron chi connectivity index (χ2n) is 6.00. The van der Waals surface area contributed by atoms with E-state index in [0.717, 1.165) is 19.6 Å². The number of likely N-dealkylation sites (tertiary alicyclic amines) is 1. The number of hydrogen-bond donors (Lipinski definition) is 1. The van der Waals surface area contributed by atoms with Gasteiger partial charge in [0.15, 0.2) is 5.13 Å². The first-order chi connectivity index (χ1) is 10.1. The summed E-state index contributed by atoms with van der Waals surface area (Å²) in [5.41, 5.74) is 6.95. The van der Waals surface area contributed by atoms with Crippen LogP contribution in [0.5, 0.6) is 0 Å². The van der Waals surface area contributed by atoms with Crippen LogP contribution in [0.1, 0.15) is 54.1 Å². The first-order valence-electron chi connectivity index (χ1n) is 7.49. The number of nitrogen functional groups attached to an aromatic ring is 1. The van der Waals surface area contributed by atoms with E-state index in [1.807, 2.05) is 17.5 Å². The van der Waals surface area contributed by atoms with Gasteiger partial charge in [-0.05, 0) is 25.3 Å². The molecule has 1 atom stereocenters. The van der Waals surface area contributed by atoms with Gasteiger partial charge in [0.25, 0.3) is 0 Å². The van der Waals surface area contributed by atoms with Gasteiger partial charge in [-0.2, -0.15) is 0 Å². The van der Waals surface area contributed by atoms with Gasteiger partial charge >= 0.3 is 0 Å². The highest BCUT2D eigenvalue weighted by Crippen LogP contribution is 2.31. The highest BCUT2D eigenvalue weighted by molar-refractivity contribution is 7.15. The van der Waals surface area contributed by atoms with Crippen molar-refractivity contribution >= 4 is 27.8 Å². The average molecular weight is 323 g/mol. The molecule has 114 valence electrons. The molecule has 0 aromatic carbocycles. The molecule has 0 bridgehead atoms. The van der Waals surface area contributed by atoms with Gasteiger partial charge in [0.05, 0.1) is 10.7 Å². The maximum atomic E-state index is 5.71. The van der Waals surface area contributed by atoms with E-state index in [1.54, 1.807) is 11.3 Å². The van der Waals surface area contributed by atoms with Crippen molar-refractivity contribution in [3.05, 3.63) is 27.2 Å². The number of nitrogens with two attached hydrogens (primary N) is 1. The van der Waals surface area contributed by atoms with E-state index in [1.165, 1.54) is 28.4 Å². The molecule has 0 radical (unpaired) electrons. The van der Waals surface area contributed by atoms with Crippen LogP contribution < -0.4 is 5.73 Å². The number of piperidine rings is 1. The minimum absolute atomic E-state index is 0.523. The molecule has 6 heteroatoms. The lowest BCUT2D eigenvalue weighted by Gasteiger charge is -2.31. The molecule has 0 amide bonds. The van der Waals surface area contributed by atoms with Crippen LogP contribution >= 0.6 is 22.7 Å². The second-order valence-corrected chi connectivity index (χ2v) is 8.04. The van der Waals surface area contributed by atoms with E-state index < -0.39 is 0 Å². The molecule has 21 heavy (non-hydrogen) atoms. The topological polar surface area (TPSA) is 55.0 Å². The van der Waals surface area contributed by atoms with Gasteiger partial charge in [0.1, 0.15) is 0 Å². The lowest BCUT2D eigenvalue weighted by Crippen LogP contribution is -2.33. The smallest absolute Gasteiger partial charge is 0.180 e. The number of nitrogens with zero attached hydrogens (tertiary/aromatic N) is 3. The van der Waals surface area contributed by atoms with E-state index in [0.29, 0.717) is 17.0 Å². The molecule has 0 spiro atoms. The highest BCUT2D eigenvalue weighted by atomic mass is 32.1. The molecule has 1 saturated heterocycles. The Morgan fingerprint density at radius 1 is 1.48 bits per heavy atom. The van der Waals surface area contributed by atoms with Crippen LogP contribution in [0.3, 0.4) is 0 Å². The predicted molar refractivity (Wildman–Crippen MR) is 90.0 cm³/mol. The Bertz CT molecular complexity index is 590. The van der Waals surface area contributed by atoms with Crippen molar-refractivity contribution in [3.63, 3.8) is 0 Å². The monoisotopic (exact) mass is 322 g/mol. The minimum atomic E-state index is 0.523. The van der Waals surface area contributed by atoms with Gasteiger partial charge in [-0.3, -0.25) is 4.90 Å². The van der Waals surface area contributed by atoms with E-state index >= 15 is 0 Å². The van der Waals surface area contributed by atoms with Gasteiger partial charge in [0.2, 0.25) is 0 Å². The zero-order valence-electron chi connectivity index (χ0n) is 12.6. The van der Waals surface area contributed by atoms with Crippen LogP contribution in [-0.4, -0.2) is 28.0 Å². The Labute approximate surface area is 134 Å². The third kappa shape index (κ3) is 3.62. The quantitative estimate of drug-likeness (QED) is 0.933. The van der Waals surface area contributed by atoms with E-state index in [-0.39, 0.29) is 0 Å². The number of hydrogen-bond acceptors (Lipinski definition) is 6. The average Bonchev–Trinajstić information content (AvgIpc) is 3.08. The summed E-state index contributed by atoms with van der Waals surface area (Å²) in [6.45, 7) is 7.65. The van der Waals surface area contributed by atoms with E-state index in [9.17, 15) is 0 Å². The van der Waals surface area contributed by atoms with E-state index in [2.05, 4.69) is 29.1 Å². The molecule has 3 rings (SSSR count). The van der Waals surface area contributed by atoms with Crippen molar-refractivity contribution in [2.24, 2.45) is 0 Å². The largest absolute Gasteiger partial charge is 0.375 e. The zero-order chi connectivity index (χ0) is 14.8. The molecule has 2 N–H and O–H groups in total. The van der Waals surface area contributed by atoms with Crippen molar-refractivity contribution < 1.29 is 0 Å². The van der Waals surface area contributed by atoms with E-state index in [4.69, 9.17) is 10.7 Å². The van der Waals surface area contributed by atoms with Gasteiger partial charge in [0, 0.05) is 35.5 Å². The summed E-state index contributed by atoms with van der Waals surface area (Å²) >= 11 is 3.43. The third-order valence-corrected chi connectivity index (χ3v) is 5.77. The first kappa shape index (κ1) is 14.9. The summed E-state index contributed by atoms with van der Waals surface area (Å²) in [6, 6.07) is 0. The van der Waals surface area contributed by atoms with Crippen LogP contribution in [0.15, 0.2) is 11.6 Å². The predicted octanol–water partition coefficient (Wildman–Crippen LogP) is 3.68. The van der Waals surface area contributed by atoms with Crippen LogP contribution in [0.4, 0.5) is 5.13 Å². The molecule has 1 aliphatic heterocycles. The summed E-state index contributed by atoms with van der Waals surface area (Å²) in [4.78, 5) is 12.8. The van der Waals surface area contributed by atoms with Gasteiger partial charge in [-0.1, -0.05) is 13.8 Å². The second kappa shape index (κ2) is 6.42. The highest BCUT2D eigenvalue weighted by Gasteiger charge is 2.24. The molecule has 3 heterocycles. The maximum Gasteiger partial charge on any atom is 0.180 e. The third-order valence-electron chi connectivity index (χ3n) is 3.94. The maximum absolute atomic E-state index is 5.71. The fourth-order valence-corrected chi connectivity index (χ4v) is 4.61. The van der Waals surface area contributed by atoms with Crippen LogP contribution in [0.25, 0.3) is 0 Å². The molecule has 1 unspecified atom stereocenters. The summed E-state index contributed by atoms with van der Waals surface area (Å²) in [6.07, 6.45) is 4.41. The van der Waals surface area contributed by atoms with Gasteiger partial charge in [-0.25, -0.2) is 9.97 Å². The Hall–Kier alpha value is -0.980. The fourth-order valence-electron chi connectivity index (χ4n) is 2.77. The van der Waals surface area contributed by atoms with Gasteiger partial charge in [-0.15, -0.1) is 22.7 Å². The van der Waals surface area contributed by atoms with Crippen LogP contribution in [0.2, 0.25) is 0 Å². The summed E-state index contributed by atoms with van der Waals surface area (Å²) in [7, 11) is 0. The van der Waals surface area contributed by atoms with Crippen LogP contribution in [0, 0.1) is 0 Å². The summed E-state index contributed by atoms with van der Waals surface area (Å²) < 4.78 is 0. The number of anilines is 1. The molecular formula is C15H22N4S2. The van der Waals surface area contributed by atoms with Gasteiger partial charge < -0.3 is 5.73 Å². The molecule has 4 nitrogen and oxygen atoms in total. The number of rotatable bonds is 4. The lowest BCUT2D eigenvalue weighted by atomic mass is 9.98. The Balaban J connectivity index is 1.64. The SMILES string of the molecule is CC(C)c1csc(C2CCCN(Cc3cnc(N)s3)C2)n1. The number of thiazole rings is 2. The molecule has 2 aromatic heterocycles. The molecule has 0 aliphatic carbocycles.